The van der Waals surface area contributed by atoms with Crippen LogP contribution in [0.25, 0.3) is 0 Å². The average Bonchev–Trinajstić information content (AvgIpc) is 3.22. The summed E-state index contributed by atoms with van der Waals surface area (Å²) in [5.41, 5.74) is 2.48. The smallest absolute Gasteiger partial charge is 0.322 e. The molecule has 9 nitrogen and oxygen atoms in total. The third-order valence-corrected chi connectivity index (χ3v) is 8.95. The number of aromatic nitrogens is 2. The van der Waals surface area contributed by atoms with E-state index in [9.17, 15) is 14.5 Å². The van der Waals surface area contributed by atoms with Crippen LogP contribution >= 0.6 is 0 Å². The summed E-state index contributed by atoms with van der Waals surface area (Å²) in [5, 5.41) is 16.2. The van der Waals surface area contributed by atoms with Gasteiger partial charge in [-0.2, -0.15) is 4.98 Å². The average molecular weight is 485 g/mol. The van der Waals surface area contributed by atoms with E-state index in [1.165, 1.54) is 0 Å². The van der Waals surface area contributed by atoms with Crippen LogP contribution in [0.5, 0.6) is 0 Å². The van der Waals surface area contributed by atoms with Crippen molar-refractivity contribution >= 4 is 34.7 Å². The molecule has 3 N–H and O–H groups in total. The molecular weight excluding hydrogens is 452 g/mol. The maximum atomic E-state index is 12.7. The summed E-state index contributed by atoms with van der Waals surface area (Å²) in [4.78, 5) is 27.0. The van der Waals surface area contributed by atoms with Crippen LogP contribution < -0.4 is 15.5 Å². The lowest BCUT2D eigenvalue weighted by Gasteiger charge is -2.50. The number of carbonyl (C=O) groups excluding carboxylic acids is 1. The number of rotatable bonds is 5. The molecule has 2 aromatic rings. The number of aliphatic hydroxyl groups excluding tert-OH is 1. The first kappa shape index (κ1) is 23.2. The number of urea groups is 1. The zero-order chi connectivity index (χ0) is 24.0. The van der Waals surface area contributed by atoms with Crippen LogP contribution in [-0.2, 0) is 23.1 Å². The van der Waals surface area contributed by atoms with Gasteiger partial charge in [-0.15, -0.1) is 0 Å². The second-order valence-corrected chi connectivity index (χ2v) is 11.2. The van der Waals surface area contributed by atoms with Crippen LogP contribution in [0.4, 0.5) is 22.2 Å². The summed E-state index contributed by atoms with van der Waals surface area (Å²) >= 11 is -1.14. The molecule has 4 heterocycles. The fourth-order valence-corrected chi connectivity index (χ4v) is 6.59. The summed E-state index contributed by atoms with van der Waals surface area (Å²) in [6.45, 7) is 5.43. The molecule has 1 fully saturated rings. The van der Waals surface area contributed by atoms with Crippen molar-refractivity contribution in [2.75, 3.05) is 48.0 Å². The largest absolute Gasteiger partial charge is 0.611 e. The van der Waals surface area contributed by atoms with Gasteiger partial charge in [-0.3, -0.25) is 0 Å². The Morgan fingerprint density at radius 1 is 1.26 bits per heavy atom. The Hall–Kier alpha value is -2.56. The van der Waals surface area contributed by atoms with Gasteiger partial charge in [0.05, 0.1) is 18.2 Å². The van der Waals surface area contributed by atoms with E-state index in [0.717, 1.165) is 29.8 Å². The molecule has 5 rings (SSSR count). The molecule has 1 saturated heterocycles. The number of para-hydroxylation sites is 1. The maximum absolute atomic E-state index is 12.7. The highest BCUT2D eigenvalue weighted by Crippen LogP contribution is 2.45. The monoisotopic (exact) mass is 484 g/mol. The Bertz CT molecular complexity index is 1090. The third kappa shape index (κ3) is 3.77. The molecular formula is C24H32N6O3S. The van der Waals surface area contributed by atoms with E-state index in [1.807, 2.05) is 44.0 Å². The number of nitrogens with one attached hydrogen (secondary N) is 2. The van der Waals surface area contributed by atoms with Crippen molar-refractivity contribution < 1.29 is 14.5 Å². The van der Waals surface area contributed by atoms with E-state index in [0.29, 0.717) is 41.9 Å². The zero-order valence-electron chi connectivity index (χ0n) is 19.9. The van der Waals surface area contributed by atoms with Crippen LogP contribution in [0.3, 0.4) is 0 Å². The first-order chi connectivity index (χ1) is 16.3. The van der Waals surface area contributed by atoms with E-state index in [2.05, 4.69) is 21.6 Å². The van der Waals surface area contributed by atoms with Gasteiger partial charge in [0.15, 0.2) is 5.82 Å². The Kier molecular flexibility index (Phi) is 6.07. The van der Waals surface area contributed by atoms with Gasteiger partial charge >= 0.3 is 6.03 Å². The van der Waals surface area contributed by atoms with Gasteiger partial charge in [0, 0.05) is 37.8 Å². The lowest BCUT2D eigenvalue weighted by Crippen LogP contribution is -2.57. The summed E-state index contributed by atoms with van der Waals surface area (Å²) in [5.74, 6) is 1.93. The first-order valence-corrected chi connectivity index (χ1v) is 13.2. The van der Waals surface area contributed by atoms with Crippen molar-refractivity contribution in [3.63, 3.8) is 0 Å². The number of aliphatic hydroxyl groups is 1. The van der Waals surface area contributed by atoms with E-state index in [4.69, 9.17) is 9.97 Å². The van der Waals surface area contributed by atoms with Gasteiger partial charge in [-0.05, 0) is 36.0 Å². The summed E-state index contributed by atoms with van der Waals surface area (Å²) in [6, 6.07) is 7.76. The van der Waals surface area contributed by atoms with Crippen molar-refractivity contribution in [3.05, 3.63) is 35.5 Å². The quantitative estimate of drug-likeness (QED) is 0.559. The Labute approximate surface area is 203 Å². The molecule has 0 saturated carbocycles. The normalized spacial score (nSPS) is 21.9. The topological polar surface area (TPSA) is 117 Å². The molecule has 34 heavy (non-hydrogen) atoms. The van der Waals surface area contributed by atoms with Crippen LogP contribution in [0, 0.1) is 5.92 Å². The van der Waals surface area contributed by atoms with Crippen LogP contribution in [-0.4, -0.2) is 69.1 Å². The summed E-state index contributed by atoms with van der Waals surface area (Å²) in [6.07, 6.45) is 2.17. The zero-order valence-corrected chi connectivity index (χ0v) is 20.7. The number of benzene rings is 1. The van der Waals surface area contributed by atoms with Crippen molar-refractivity contribution in [3.8, 4) is 0 Å². The number of hydrogen-bond acceptors (Lipinski definition) is 7. The Balaban J connectivity index is 1.44. The van der Waals surface area contributed by atoms with Gasteiger partial charge in [0.25, 0.3) is 0 Å². The fraction of sp³-hybridized carbons (Fsp3) is 0.542. The first-order valence-electron chi connectivity index (χ1n) is 11.9. The molecule has 2 unspecified atom stereocenters. The van der Waals surface area contributed by atoms with Crippen LogP contribution in [0.1, 0.15) is 37.9 Å². The van der Waals surface area contributed by atoms with E-state index in [-0.39, 0.29) is 30.1 Å². The summed E-state index contributed by atoms with van der Waals surface area (Å²) < 4.78 is 12.7. The molecule has 182 valence electrons. The third-order valence-electron chi connectivity index (χ3n) is 7.49. The fourth-order valence-electron chi connectivity index (χ4n) is 5.28. The van der Waals surface area contributed by atoms with E-state index < -0.39 is 11.2 Å². The van der Waals surface area contributed by atoms with Gasteiger partial charge in [0.1, 0.15) is 11.4 Å². The lowest BCUT2D eigenvalue weighted by molar-refractivity contribution is 0.113. The molecule has 2 atom stereocenters. The summed E-state index contributed by atoms with van der Waals surface area (Å²) in [7, 11) is 1.87. The second kappa shape index (κ2) is 8.90. The molecule has 1 aromatic carbocycles. The number of nitrogens with zero attached hydrogens (tertiary/aromatic N) is 4. The molecule has 0 radical (unpaired) electrons. The van der Waals surface area contributed by atoms with Gasteiger partial charge in [0.2, 0.25) is 10.8 Å². The number of hydrogen-bond donors (Lipinski definition) is 3. The number of piperidine rings is 1. The van der Waals surface area contributed by atoms with Crippen LogP contribution in [0.2, 0.25) is 0 Å². The molecule has 3 aliphatic heterocycles. The van der Waals surface area contributed by atoms with Crippen LogP contribution in [0.15, 0.2) is 29.2 Å². The minimum Gasteiger partial charge on any atom is -0.611 e. The molecule has 0 bridgehead atoms. The second-order valence-electron chi connectivity index (χ2n) is 9.68. The highest BCUT2D eigenvalue weighted by atomic mass is 32.2. The van der Waals surface area contributed by atoms with E-state index in [1.54, 1.807) is 0 Å². The number of fused-ring (bicyclic) bond motifs is 3. The SMILES string of the molecule is CC(C)C(CO)Nc1nc(N2CCC3(CC2)c2ccccc2NC(=O)N3C)nc2c1[S+]([O-])CC2. The van der Waals surface area contributed by atoms with Gasteiger partial charge < -0.3 is 30.1 Å². The number of anilines is 3. The minimum atomic E-state index is -1.14. The molecule has 1 aromatic heterocycles. The van der Waals surface area contributed by atoms with Crippen molar-refractivity contribution in [1.29, 1.82) is 0 Å². The highest BCUT2D eigenvalue weighted by molar-refractivity contribution is 7.91. The van der Waals surface area contributed by atoms with Crippen molar-refractivity contribution in [1.82, 2.24) is 14.9 Å². The number of carbonyl (C=O) groups is 1. The maximum Gasteiger partial charge on any atom is 0.322 e. The lowest BCUT2D eigenvalue weighted by atomic mass is 9.77. The molecule has 0 aliphatic carbocycles. The highest BCUT2D eigenvalue weighted by Gasteiger charge is 2.46. The predicted octanol–water partition coefficient (Wildman–Crippen LogP) is 2.54. The minimum absolute atomic E-state index is 0.0293. The van der Waals surface area contributed by atoms with Crippen molar-refractivity contribution in [2.24, 2.45) is 5.92 Å². The van der Waals surface area contributed by atoms with E-state index >= 15 is 0 Å². The standard InChI is InChI=1S/C24H32N6O3S/c1-15(2)19(14-31)25-21-20-18(8-13-34(20)33)26-22(28-21)30-11-9-24(10-12-30)16-6-4-5-7-17(16)27-23(32)29(24)3/h4-7,15,19,31H,8-14H2,1-3H3,(H,27,32)(H,25,26,28). The molecule has 10 heteroatoms. The number of aryl methyl sites for hydroxylation is 1. The Morgan fingerprint density at radius 2 is 2.00 bits per heavy atom. The Morgan fingerprint density at radius 3 is 2.71 bits per heavy atom. The molecule has 1 spiro atoms. The van der Waals surface area contributed by atoms with Crippen molar-refractivity contribution in [2.45, 2.75) is 49.6 Å². The molecule has 3 aliphatic rings. The molecule has 2 amide bonds. The predicted molar refractivity (Wildman–Crippen MR) is 133 cm³/mol. The van der Waals surface area contributed by atoms with Gasteiger partial charge in [-0.25, -0.2) is 9.78 Å². The van der Waals surface area contributed by atoms with Gasteiger partial charge in [-0.1, -0.05) is 32.0 Å². The number of amides is 2.